The second kappa shape index (κ2) is 8.10. The number of aromatic nitrogens is 1. The van der Waals surface area contributed by atoms with Gasteiger partial charge >= 0.3 is 0 Å². The summed E-state index contributed by atoms with van der Waals surface area (Å²) in [6.07, 6.45) is 2.50. The Labute approximate surface area is 154 Å². The van der Waals surface area contributed by atoms with Crippen molar-refractivity contribution in [2.75, 3.05) is 13.2 Å². The van der Waals surface area contributed by atoms with Gasteiger partial charge in [-0.25, -0.2) is 0 Å². The number of rotatable bonds is 6. The molecule has 0 unspecified atom stereocenters. The number of ether oxygens (including phenoxy) is 1. The summed E-state index contributed by atoms with van der Waals surface area (Å²) in [6.45, 7) is 1.10. The topological polar surface area (TPSA) is 51.2 Å². The number of benzene rings is 2. The molecule has 0 aliphatic carbocycles. The van der Waals surface area contributed by atoms with Crippen LogP contribution in [0.2, 0.25) is 0 Å². The van der Waals surface area contributed by atoms with Crippen LogP contribution in [0.5, 0.6) is 5.75 Å². The highest BCUT2D eigenvalue weighted by atomic mass is 127. The van der Waals surface area contributed by atoms with Crippen molar-refractivity contribution in [3.63, 3.8) is 0 Å². The predicted octanol–water partition coefficient (Wildman–Crippen LogP) is 4.04. The molecule has 5 heteroatoms. The van der Waals surface area contributed by atoms with Gasteiger partial charge in [0.05, 0.1) is 6.61 Å². The van der Waals surface area contributed by atoms with Gasteiger partial charge in [-0.15, -0.1) is 0 Å². The molecule has 0 saturated carbocycles. The van der Waals surface area contributed by atoms with E-state index in [2.05, 4.69) is 32.9 Å². The van der Waals surface area contributed by atoms with Crippen LogP contribution < -0.4 is 10.1 Å². The molecule has 0 saturated heterocycles. The van der Waals surface area contributed by atoms with Gasteiger partial charge in [-0.05, 0) is 59.3 Å². The molecule has 3 aromatic rings. The second-order valence-electron chi connectivity index (χ2n) is 5.30. The summed E-state index contributed by atoms with van der Waals surface area (Å²) in [5, 5.41) is 3.97. The van der Waals surface area contributed by atoms with Crippen LogP contribution in [0.3, 0.4) is 0 Å². The van der Waals surface area contributed by atoms with E-state index in [0.717, 1.165) is 26.6 Å². The molecule has 1 amide bonds. The Kier molecular flexibility index (Phi) is 5.63. The minimum Gasteiger partial charge on any atom is -0.491 e. The Bertz CT molecular complexity index is 846. The van der Waals surface area contributed by atoms with E-state index in [1.165, 1.54) is 0 Å². The van der Waals surface area contributed by atoms with Crippen LogP contribution in [0.1, 0.15) is 16.8 Å². The minimum absolute atomic E-state index is 0.0552. The van der Waals surface area contributed by atoms with Crippen molar-refractivity contribution in [2.45, 2.75) is 6.42 Å². The SMILES string of the molecule is O=C(NCCCOc1cccc2cccnc12)c1cccc(I)c1. The zero-order valence-electron chi connectivity index (χ0n) is 13.0. The van der Waals surface area contributed by atoms with Crippen molar-refractivity contribution in [2.24, 2.45) is 0 Å². The molecule has 0 aliphatic heterocycles. The first-order valence-electron chi connectivity index (χ1n) is 7.74. The van der Waals surface area contributed by atoms with Crippen LogP contribution >= 0.6 is 22.6 Å². The number of hydrogen-bond donors (Lipinski definition) is 1. The number of amides is 1. The Balaban J connectivity index is 1.48. The molecule has 122 valence electrons. The number of carbonyl (C=O) groups excluding carboxylic acids is 1. The van der Waals surface area contributed by atoms with Crippen LogP contribution in [0.15, 0.2) is 60.8 Å². The molecule has 1 heterocycles. The van der Waals surface area contributed by atoms with Gasteiger partial charge in [-0.1, -0.05) is 24.3 Å². The lowest BCUT2D eigenvalue weighted by atomic mass is 10.2. The third kappa shape index (κ3) is 4.23. The maximum Gasteiger partial charge on any atom is 0.251 e. The molecule has 0 atom stereocenters. The minimum atomic E-state index is -0.0552. The van der Waals surface area contributed by atoms with Gasteiger partial charge in [0.1, 0.15) is 11.3 Å². The average Bonchev–Trinajstić information content (AvgIpc) is 2.61. The molecular weight excluding hydrogens is 415 g/mol. The molecule has 0 spiro atoms. The van der Waals surface area contributed by atoms with Crippen LogP contribution in [-0.2, 0) is 0 Å². The van der Waals surface area contributed by atoms with E-state index >= 15 is 0 Å². The molecule has 0 fully saturated rings. The quantitative estimate of drug-likeness (QED) is 0.473. The molecular formula is C19H17IN2O2. The maximum atomic E-state index is 12.0. The van der Waals surface area contributed by atoms with E-state index in [4.69, 9.17) is 4.74 Å². The molecule has 0 aliphatic rings. The van der Waals surface area contributed by atoms with Gasteiger partial charge < -0.3 is 10.1 Å². The van der Waals surface area contributed by atoms with Crippen molar-refractivity contribution in [3.8, 4) is 5.75 Å². The summed E-state index contributed by atoms with van der Waals surface area (Å²) < 4.78 is 6.86. The van der Waals surface area contributed by atoms with E-state index in [0.29, 0.717) is 18.7 Å². The van der Waals surface area contributed by atoms with Crippen molar-refractivity contribution in [1.29, 1.82) is 0 Å². The van der Waals surface area contributed by atoms with Gasteiger partial charge in [-0.3, -0.25) is 9.78 Å². The van der Waals surface area contributed by atoms with Gasteiger partial charge in [0.2, 0.25) is 0 Å². The van der Waals surface area contributed by atoms with E-state index in [-0.39, 0.29) is 5.91 Å². The lowest BCUT2D eigenvalue weighted by Crippen LogP contribution is -2.25. The fourth-order valence-corrected chi connectivity index (χ4v) is 2.92. The van der Waals surface area contributed by atoms with Crippen LogP contribution in [0.25, 0.3) is 10.9 Å². The normalized spacial score (nSPS) is 10.5. The first-order valence-corrected chi connectivity index (χ1v) is 8.82. The Morgan fingerprint density at radius 3 is 2.83 bits per heavy atom. The lowest BCUT2D eigenvalue weighted by Gasteiger charge is -2.09. The van der Waals surface area contributed by atoms with Crippen LogP contribution in [0, 0.1) is 3.57 Å². The molecule has 2 aromatic carbocycles. The summed E-state index contributed by atoms with van der Waals surface area (Å²) in [6, 6.07) is 17.3. The summed E-state index contributed by atoms with van der Waals surface area (Å²) in [4.78, 5) is 16.4. The number of carbonyl (C=O) groups is 1. The summed E-state index contributed by atoms with van der Waals surface area (Å²) in [5.41, 5.74) is 1.55. The predicted molar refractivity (Wildman–Crippen MR) is 103 cm³/mol. The van der Waals surface area contributed by atoms with Crippen molar-refractivity contribution < 1.29 is 9.53 Å². The van der Waals surface area contributed by atoms with Gasteiger partial charge in [0.15, 0.2) is 0 Å². The summed E-state index contributed by atoms with van der Waals surface area (Å²) >= 11 is 2.20. The summed E-state index contributed by atoms with van der Waals surface area (Å²) in [7, 11) is 0. The Morgan fingerprint density at radius 2 is 1.96 bits per heavy atom. The molecule has 1 N–H and O–H groups in total. The maximum absolute atomic E-state index is 12.0. The van der Waals surface area contributed by atoms with E-state index in [1.54, 1.807) is 6.20 Å². The van der Waals surface area contributed by atoms with Crippen molar-refractivity contribution in [1.82, 2.24) is 10.3 Å². The Morgan fingerprint density at radius 1 is 1.12 bits per heavy atom. The van der Waals surface area contributed by atoms with E-state index in [1.807, 2.05) is 54.6 Å². The summed E-state index contributed by atoms with van der Waals surface area (Å²) in [5.74, 6) is 0.720. The first kappa shape index (κ1) is 16.7. The largest absolute Gasteiger partial charge is 0.491 e. The zero-order chi connectivity index (χ0) is 16.8. The standard InChI is InChI=1S/C19H17IN2O2/c20-16-8-1-6-15(13-16)19(23)22-11-4-12-24-17-9-2-5-14-7-3-10-21-18(14)17/h1-3,5-10,13H,4,11-12H2,(H,22,23). The number of halogens is 1. The van der Waals surface area contributed by atoms with E-state index in [9.17, 15) is 4.79 Å². The first-order chi connectivity index (χ1) is 11.7. The van der Waals surface area contributed by atoms with Crippen molar-refractivity contribution >= 4 is 39.4 Å². The highest BCUT2D eigenvalue weighted by Gasteiger charge is 2.05. The zero-order valence-corrected chi connectivity index (χ0v) is 15.2. The van der Waals surface area contributed by atoms with Crippen molar-refractivity contribution in [3.05, 3.63) is 69.9 Å². The number of para-hydroxylation sites is 1. The van der Waals surface area contributed by atoms with Gasteiger partial charge in [-0.2, -0.15) is 0 Å². The number of nitrogens with one attached hydrogen (secondary N) is 1. The van der Waals surface area contributed by atoms with Gasteiger partial charge in [0.25, 0.3) is 5.91 Å². The lowest BCUT2D eigenvalue weighted by molar-refractivity contribution is 0.0951. The molecule has 3 rings (SSSR count). The van der Waals surface area contributed by atoms with Crippen LogP contribution in [0.4, 0.5) is 0 Å². The molecule has 1 aromatic heterocycles. The fraction of sp³-hybridized carbons (Fsp3) is 0.158. The number of fused-ring (bicyclic) bond motifs is 1. The molecule has 4 nitrogen and oxygen atoms in total. The highest BCUT2D eigenvalue weighted by molar-refractivity contribution is 14.1. The number of hydrogen-bond acceptors (Lipinski definition) is 3. The van der Waals surface area contributed by atoms with Crippen LogP contribution in [-0.4, -0.2) is 24.0 Å². The average molecular weight is 432 g/mol. The second-order valence-corrected chi connectivity index (χ2v) is 6.55. The van der Waals surface area contributed by atoms with Gasteiger partial charge in [0, 0.05) is 27.3 Å². The third-order valence-electron chi connectivity index (χ3n) is 3.55. The fourth-order valence-electron chi connectivity index (χ4n) is 2.38. The molecule has 0 bridgehead atoms. The smallest absolute Gasteiger partial charge is 0.251 e. The number of pyridine rings is 1. The third-order valence-corrected chi connectivity index (χ3v) is 4.22. The molecule has 0 radical (unpaired) electrons. The van der Waals surface area contributed by atoms with E-state index < -0.39 is 0 Å². The monoisotopic (exact) mass is 432 g/mol. The highest BCUT2D eigenvalue weighted by Crippen LogP contribution is 2.22. The Hall–Kier alpha value is -2.15. The molecule has 24 heavy (non-hydrogen) atoms. The number of nitrogens with zero attached hydrogens (tertiary/aromatic N) is 1.